The molecule has 1 radical (unpaired) electrons. The van der Waals surface area contributed by atoms with Crippen molar-refractivity contribution < 1.29 is 9.53 Å². The van der Waals surface area contributed by atoms with Crippen molar-refractivity contribution in [3.05, 3.63) is 0 Å². The van der Waals surface area contributed by atoms with Crippen LogP contribution in [0.25, 0.3) is 0 Å². The van der Waals surface area contributed by atoms with Crippen molar-refractivity contribution in [2.45, 2.75) is 70.6 Å². The summed E-state index contributed by atoms with van der Waals surface area (Å²) in [5.41, 5.74) is 0.752. The quantitative estimate of drug-likeness (QED) is 0.612. The van der Waals surface area contributed by atoms with Crippen LogP contribution in [0.2, 0.25) is 0 Å². The Labute approximate surface area is 117 Å². The highest BCUT2D eigenvalue weighted by atomic mass is 16.5. The first-order valence-electron chi connectivity index (χ1n) is 8.29. The lowest BCUT2D eigenvalue weighted by Crippen LogP contribution is -2.45. The van der Waals surface area contributed by atoms with Crippen LogP contribution < -0.4 is 0 Å². The van der Waals surface area contributed by atoms with E-state index in [0.29, 0.717) is 6.61 Å². The fraction of sp³-hybridized carbons (Fsp3) is 0.941. The van der Waals surface area contributed by atoms with Gasteiger partial charge < -0.3 is 4.74 Å². The van der Waals surface area contributed by atoms with Crippen molar-refractivity contribution in [2.24, 2.45) is 23.2 Å². The molecule has 4 rings (SSSR count). The maximum absolute atomic E-state index is 9.91. The fourth-order valence-electron chi connectivity index (χ4n) is 5.67. The summed E-state index contributed by atoms with van der Waals surface area (Å²) in [4.78, 5) is 9.91. The van der Waals surface area contributed by atoms with Gasteiger partial charge in [-0.3, -0.25) is 0 Å². The molecule has 19 heavy (non-hydrogen) atoms. The van der Waals surface area contributed by atoms with Crippen LogP contribution in [0.1, 0.15) is 70.6 Å². The molecule has 0 aliphatic heterocycles. The van der Waals surface area contributed by atoms with Gasteiger partial charge in [0.1, 0.15) is 0 Å². The SMILES string of the molecule is O=[C]OCCCCCCC12CC3CC(CC(C3)C1)C2. The van der Waals surface area contributed by atoms with Gasteiger partial charge in [0.25, 0.3) is 0 Å². The summed E-state index contributed by atoms with van der Waals surface area (Å²) in [6, 6.07) is 0. The van der Waals surface area contributed by atoms with E-state index in [0.717, 1.165) is 29.6 Å². The first-order chi connectivity index (χ1) is 9.30. The van der Waals surface area contributed by atoms with Crippen LogP contribution in [0.15, 0.2) is 0 Å². The van der Waals surface area contributed by atoms with Crippen molar-refractivity contribution in [1.29, 1.82) is 0 Å². The first-order valence-corrected chi connectivity index (χ1v) is 8.29. The molecule has 4 aliphatic rings. The van der Waals surface area contributed by atoms with Gasteiger partial charge in [0.05, 0.1) is 6.61 Å². The van der Waals surface area contributed by atoms with Gasteiger partial charge in [0, 0.05) is 0 Å². The molecule has 0 saturated heterocycles. The molecule has 4 fully saturated rings. The Bertz CT molecular complexity index is 275. The number of hydrogen-bond acceptors (Lipinski definition) is 2. The number of hydrogen-bond donors (Lipinski definition) is 0. The smallest absolute Gasteiger partial charge is 0.417 e. The van der Waals surface area contributed by atoms with E-state index in [2.05, 4.69) is 4.74 Å². The Balaban J connectivity index is 1.37. The highest BCUT2D eigenvalue weighted by molar-refractivity contribution is 5.37. The van der Waals surface area contributed by atoms with E-state index < -0.39 is 0 Å². The molecule has 0 amide bonds. The third-order valence-corrected chi connectivity index (χ3v) is 5.93. The topological polar surface area (TPSA) is 26.3 Å². The second kappa shape index (κ2) is 5.85. The van der Waals surface area contributed by atoms with Gasteiger partial charge in [-0.05, 0) is 74.5 Å². The normalized spacial score (nSPS) is 39.5. The van der Waals surface area contributed by atoms with Crippen molar-refractivity contribution in [3.8, 4) is 0 Å². The van der Waals surface area contributed by atoms with Crippen molar-refractivity contribution >= 4 is 6.47 Å². The van der Waals surface area contributed by atoms with E-state index in [1.54, 1.807) is 38.5 Å². The molecule has 4 bridgehead atoms. The van der Waals surface area contributed by atoms with Crippen molar-refractivity contribution in [1.82, 2.24) is 0 Å². The van der Waals surface area contributed by atoms with E-state index in [1.807, 2.05) is 0 Å². The van der Waals surface area contributed by atoms with Crippen LogP contribution >= 0.6 is 0 Å². The van der Waals surface area contributed by atoms with Gasteiger partial charge in [-0.25, -0.2) is 4.79 Å². The Kier molecular flexibility index (Phi) is 4.14. The zero-order chi connectivity index (χ0) is 13.1. The summed E-state index contributed by atoms with van der Waals surface area (Å²) in [5, 5.41) is 0. The lowest BCUT2D eigenvalue weighted by Gasteiger charge is -2.57. The van der Waals surface area contributed by atoms with E-state index in [4.69, 9.17) is 0 Å². The van der Waals surface area contributed by atoms with Gasteiger partial charge in [-0.15, -0.1) is 0 Å². The van der Waals surface area contributed by atoms with Gasteiger partial charge in [0.15, 0.2) is 0 Å². The van der Waals surface area contributed by atoms with Crippen molar-refractivity contribution in [3.63, 3.8) is 0 Å². The predicted molar refractivity (Wildman–Crippen MR) is 75.3 cm³/mol. The Morgan fingerprint density at radius 2 is 1.47 bits per heavy atom. The van der Waals surface area contributed by atoms with Crippen LogP contribution in [-0.2, 0) is 9.53 Å². The maximum atomic E-state index is 9.91. The average Bonchev–Trinajstić information content (AvgIpc) is 2.36. The minimum atomic E-state index is 0.556. The van der Waals surface area contributed by atoms with Gasteiger partial charge >= 0.3 is 6.47 Å². The molecule has 4 saturated carbocycles. The van der Waals surface area contributed by atoms with Crippen LogP contribution in [0.5, 0.6) is 0 Å². The Morgan fingerprint density at radius 1 is 0.895 bits per heavy atom. The minimum Gasteiger partial charge on any atom is -0.457 e. The first kappa shape index (κ1) is 13.5. The summed E-state index contributed by atoms with van der Waals surface area (Å²) in [5.74, 6) is 3.26. The summed E-state index contributed by atoms with van der Waals surface area (Å²) in [6.07, 6.45) is 15.7. The van der Waals surface area contributed by atoms with Crippen LogP contribution in [-0.4, -0.2) is 13.1 Å². The van der Waals surface area contributed by atoms with Crippen LogP contribution in [0.3, 0.4) is 0 Å². The maximum Gasteiger partial charge on any atom is 0.417 e. The third-order valence-electron chi connectivity index (χ3n) is 5.93. The zero-order valence-electron chi connectivity index (χ0n) is 12.0. The molecule has 0 unspecified atom stereocenters. The van der Waals surface area contributed by atoms with E-state index >= 15 is 0 Å². The lowest BCUT2D eigenvalue weighted by molar-refractivity contribution is -0.0583. The summed E-state index contributed by atoms with van der Waals surface area (Å²) >= 11 is 0. The van der Waals surface area contributed by atoms with Crippen LogP contribution in [0.4, 0.5) is 0 Å². The molecule has 2 nitrogen and oxygen atoms in total. The second-order valence-electron chi connectivity index (χ2n) is 7.51. The minimum absolute atomic E-state index is 0.556. The predicted octanol–water partition coefficient (Wildman–Crippen LogP) is 4.24. The molecule has 0 aromatic carbocycles. The Morgan fingerprint density at radius 3 is 2.05 bits per heavy atom. The molecule has 4 aliphatic carbocycles. The highest BCUT2D eigenvalue weighted by Gasteiger charge is 2.50. The number of ether oxygens (including phenoxy) is 1. The molecular formula is C17H27O2. The van der Waals surface area contributed by atoms with E-state index in [-0.39, 0.29) is 0 Å². The average molecular weight is 263 g/mol. The molecule has 0 spiro atoms. The highest BCUT2D eigenvalue weighted by Crippen LogP contribution is 2.61. The van der Waals surface area contributed by atoms with E-state index in [1.165, 1.54) is 32.2 Å². The van der Waals surface area contributed by atoms with Crippen molar-refractivity contribution in [2.75, 3.05) is 6.61 Å². The number of carbonyl (C=O) groups excluding carboxylic acids is 1. The van der Waals surface area contributed by atoms with Gasteiger partial charge in [-0.2, -0.15) is 0 Å². The molecule has 0 heterocycles. The molecule has 0 aromatic heterocycles. The zero-order valence-corrected chi connectivity index (χ0v) is 12.0. The lowest BCUT2D eigenvalue weighted by atomic mass is 9.48. The molecule has 0 aromatic rings. The standard InChI is InChI=1S/C17H27O2/c18-13-19-6-4-2-1-3-5-17-10-14-7-15(11-17)9-16(8-14)12-17/h14-16H,1-12H2. The largest absolute Gasteiger partial charge is 0.457 e. The molecule has 0 N–H and O–H groups in total. The van der Waals surface area contributed by atoms with E-state index in [9.17, 15) is 4.79 Å². The number of rotatable bonds is 8. The van der Waals surface area contributed by atoms with Crippen LogP contribution in [0, 0.1) is 23.2 Å². The molecular weight excluding hydrogens is 236 g/mol. The third kappa shape index (κ3) is 3.14. The summed E-state index contributed by atoms with van der Waals surface area (Å²) < 4.78 is 4.61. The monoisotopic (exact) mass is 263 g/mol. The van der Waals surface area contributed by atoms with Gasteiger partial charge in [-0.1, -0.05) is 19.3 Å². The second-order valence-corrected chi connectivity index (χ2v) is 7.51. The Hall–Kier alpha value is -0.530. The number of unbranched alkanes of at least 4 members (excludes halogenated alkanes) is 3. The summed E-state index contributed by atoms with van der Waals surface area (Å²) in [7, 11) is 0. The summed E-state index contributed by atoms with van der Waals surface area (Å²) in [6.45, 7) is 2.05. The molecule has 107 valence electrons. The van der Waals surface area contributed by atoms with Gasteiger partial charge in [0.2, 0.25) is 0 Å². The molecule has 0 atom stereocenters. The fourth-order valence-corrected chi connectivity index (χ4v) is 5.67. The molecule has 2 heteroatoms.